The highest BCUT2D eigenvalue weighted by Crippen LogP contribution is 2.31. The van der Waals surface area contributed by atoms with Crippen molar-refractivity contribution in [3.05, 3.63) is 59.7 Å². The van der Waals surface area contributed by atoms with Gasteiger partial charge in [0.15, 0.2) is 12.5 Å². The summed E-state index contributed by atoms with van der Waals surface area (Å²) in [5.41, 5.74) is 1.21. The fourth-order valence-electron chi connectivity index (χ4n) is 4.34. The molecule has 0 fully saturated rings. The minimum Gasteiger partial charge on any atom is -0.369 e. The molecule has 35 heavy (non-hydrogen) atoms. The fraction of sp³-hybridized carbons (Fsp3) is 0.633. The van der Waals surface area contributed by atoms with Crippen molar-refractivity contribution in [1.82, 2.24) is 4.90 Å². The summed E-state index contributed by atoms with van der Waals surface area (Å²) in [5, 5.41) is 10.5. The Labute approximate surface area is 213 Å². The second-order valence-electron chi connectivity index (χ2n) is 9.26. The van der Waals surface area contributed by atoms with E-state index in [1.807, 2.05) is 19.1 Å². The number of carbonyl (C=O) groups excluding carboxylic acids is 1. The molecule has 196 valence electrons. The summed E-state index contributed by atoms with van der Waals surface area (Å²) in [6, 6.07) is 7.19. The van der Waals surface area contributed by atoms with Gasteiger partial charge < -0.3 is 19.5 Å². The van der Waals surface area contributed by atoms with Gasteiger partial charge in [0.2, 0.25) is 0 Å². The lowest BCUT2D eigenvalue weighted by Gasteiger charge is -2.26. The Hall–Kier alpha value is -1.95. The van der Waals surface area contributed by atoms with E-state index >= 15 is 0 Å². The van der Waals surface area contributed by atoms with Gasteiger partial charge in [-0.25, -0.2) is 0 Å². The number of aliphatic hydroxyl groups is 1. The van der Waals surface area contributed by atoms with Crippen LogP contribution >= 0.6 is 0 Å². The molecule has 1 N–H and O–H groups in total. The molecule has 1 aromatic carbocycles. The van der Waals surface area contributed by atoms with Gasteiger partial charge in [-0.15, -0.1) is 0 Å². The summed E-state index contributed by atoms with van der Waals surface area (Å²) in [7, 11) is 0. The van der Waals surface area contributed by atoms with E-state index in [-0.39, 0.29) is 12.5 Å². The molecule has 5 heteroatoms. The minimum atomic E-state index is -0.938. The normalized spacial score (nSPS) is 16.6. The Bertz CT molecular complexity index is 760. The first-order chi connectivity index (χ1) is 17.2. The highest BCUT2D eigenvalue weighted by molar-refractivity contribution is 5.98. The number of unbranched alkanes of at least 4 members (excludes halogenated alkanes) is 9. The monoisotopic (exact) mass is 485 g/mol. The van der Waals surface area contributed by atoms with Gasteiger partial charge in [0.25, 0.3) is 5.91 Å². The Morgan fingerprint density at radius 1 is 0.886 bits per heavy atom. The Morgan fingerprint density at radius 3 is 2.23 bits per heavy atom. The molecule has 2 atom stereocenters. The molecular weight excluding hydrogens is 438 g/mol. The molecule has 1 aliphatic rings. The molecule has 1 aromatic rings. The van der Waals surface area contributed by atoms with Gasteiger partial charge in [-0.05, 0) is 51.5 Å². The zero-order valence-electron chi connectivity index (χ0n) is 22.0. The highest BCUT2D eigenvalue weighted by atomic mass is 16.7. The summed E-state index contributed by atoms with van der Waals surface area (Å²) < 4.78 is 11.6. The van der Waals surface area contributed by atoms with Crippen molar-refractivity contribution in [2.24, 2.45) is 0 Å². The number of amides is 1. The van der Waals surface area contributed by atoms with Crippen LogP contribution in [0.4, 0.5) is 0 Å². The van der Waals surface area contributed by atoms with E-state index in [1.165, 1.54) is 62.7 Å². The lowest BCUT2D eigenvalue weighted by atomic mass is 10.1. The van der Waals surface area contributed by atoms with E-state index in [0.717, 1.165) is 19.3 Å². The molecule has 0 bridgehead atoms. The van der Waals surface area contributed by atoms with Crippen LogP contribution in [0.25, 0.3) is 0 Å². The van der Waals surface area contributed by atoms with Crippen molar-refractivity contribution >= 4 is 5.91 Å². The average molecular weight is 486 g/mol. The average Bonchev–Trinajstić information content (AvgIpc) is 3.11. The van der Waals surface area contributed by atoms with Crippen LogP contribution in [0.5, 0.6) is 0 Å². The summed E-state index contributed by atoms with van der Waals surface area (Å²) in [6.07, 6.45) is 22.3. The smallest absolute Gasteiger partial charge is 0.256 e. The Balaban J connectivity index is 1.50. The van der Waals surface area contributed by atoms with Crippen molar-refractivity contribution in [2.45, 2.75) is 103 Å². The van der Waals surface area contributed by atoms with E-state index in [1.54, 1.807) is 12.1 Å². The molecule has 0 aromatic heterocycles. The van der Waals surface area contributed by atoms with Crippen molar-refractivity contribution < 1.29 is 19.4 Å². The predicted molar refractivity (Wildman–Crippen MR) is 143 cm³/mol. The molecule has 0 saturated carbocycles. The Morgan fingerprint density at radius 2 is 1.54 bits per heavy atom. The topological polar surface area (TPSA) is 59.0 Å². The Kier molecular flexibility index (Phi) is 15.3. The van der Waals surface area contributed by atoms with Gasteiger partial charge in [-0.1, -0.05) is 88.0 Å². The zero-order chi connectivity index (χ0) is 25.1. The molecule has 1 aliphatic heterocycles. The predicted octanol–water partition coefficient (Wildman–Crippen LogP) is 7.33. The molecule has 0 saturated heterocycles. The third kappa shape index (κ3) is 11.1. The van der Waals surface area contributed by atoms with E-state index in [2.05, 4.69) is 31.2 Å². The summed E-state index contributed by atoms with van der Waals surface area (Å²) in [6.45, 7) is 5.48. The van der Waals surface area contributed by atoms with Crippen LogP contribution < -0.4 is 0 Å². The van der Waals surface area contributed by atoms with E-state index in [4.69, 9.17) is 9.47 Å². The number of hydrogen-bond donors (Lipinski definition) is 1. The lowest BCUT2D eigenvalue weighted by Crippen LogP contribution is -2.38. The number of benzene rings is 1. The van der Waals surface area contributed by atoms with E-state index in [9.17, 15) is 9.90 Å². The van der Waals surface area contributed by atoms with Crippen molar-refractivity contribution in [2.75, 3.05) is 19.8 Å². The van der Waals surface area contributed by atoms with Crippen LogP contribution in [0.15, 0.2) is 48.6 Å². The quantitative estimate of drug-likeness (QED) is 0.119. The van der Waals surface area contributed by atoms with Crippen molar-refractivity contribution in [3.8, 4) is 0 Å². The number of aliphatic hydroxyl groups excluding tert-OH is 1. The van der Waals surface area contributed by atoms with Crippen molar-refractivity contribution in [3.63, 3.8) is 0 Å². The first-order valence-electron chi connectivity index (χ1n) is 13.8. The maximum absolute atomic E-state index is 12.6. The van der Waals surface area contributed by atoms with Crippen LogP contribution in [0.3, 0.4) is 0 Å². The lowest BCUT2D eigenvalue weighted by molar-refractivity contribution is -0.157. The number of ether oxygens (including phenoxy) is 2. The molecular formula is C30H47NO4. The van der Waals surface area contributed by atoms with Gasteiger partial charge in [-0.3, -0.25) is 4.79 Å². The van der Waals surface area contributed by atoms with Gasteiger partial charge in [0.05, 0.1) is 6.54 Å². The number of nitrogens with zero attached hydrogens (tertiary/aromatic N) is 1. The number of hydrogen-bond acceptors (Lipinski definition) is 4. The molecule has 5 nitrogen and oxygen atoms in total. The van der Waals surface area contributed by atoms with Gasteiger partial charge in [0, 0.05) is 24.3 Å². The van der Waals surface area contributed by atoms with Crippen LogP contribution in [0, 0.1) is 0 Å². The summed E-state index contributed by atoms with van der Waals surface area (Å²) in [5.74, 6) is -0.171. The molecule has 1 heterocycles. The van der Waals surface area contributed by atoms with Crippen LogP contribution in [0.2, 0.25) is 0 Å². The largest absolute Gasteiger partial charge is 0.369 e. The van der Waals surface area contributed by atoms with Gasteiger partial charge >= 0.3 is 0 Å². The standard InChI is InChI=1S/C30H47NO4/c1-3-5-6-7-8-9-10-11-12-13-14-15-16-17-18-21-24-35-28(34-4-2)25-31-29(32)26-22-19-20-23-27(26)30(31)33/h8-9,11-12,19-20,22-23,28-29,32H,3-7,10,13-18,21,24-25H2,1-2H3/b9-8-,12-11-. The molecule has 0 aliphatic carbocycles. The maximum Gasteiger partial charge on any atom is 0.256 e. The first-order valence-corrected chi connectivity index (χ1v) is 13.8. The number of fused-ring (bicyclic) bond motifs is 1. The van der Waals surface area contributed by atoms with Crippen LogP contribution in [0.1, 0.15) is 113 Å². The fourth-order valence-corrected chi connectivity index (χ4v) is 4.34. The maximum atomic E-state index is 12.6. The van der Waals surface area contributed by atoms with Crippen LogP contribution in [-0.4, -0.2) is 42.0 Å². The highest BCUT2D eigenvalue weighted by Gasteiger charge is 2.36. The zero-order valence-corrected chi connectivity index (χ0v) is 22.0. The molecule has 2 rings (SSSR count). The van der Waals surface area contributed by atoms with E-state index < -0.39 is 12.5 Å². The SMILES string of the molecule is CCCCC/C=C\C/C=C\CCCCCCCCOC(CN1C(=O)c2ccccc2C1O)OCC. The van der Waals surface area contributed by atoms with Crippen LogP contribution in [-0.2, 0) is 9.47 Å². The van der Waals surface area contributed by atoms with Gasteiger partial charge in [0.1, 0.15) is 0 Å². The summed E-state index contributed by atoms with van der Waals surface area (Å²) in [4.78, 5) is 14.1. The van der Waals surface area contributed by atoms with E-state index in [0.29, 0.717) is 24.3 Å². The number of carbonyl (C=O) groups is 1. The number of rotatable bonds is 20. The molecule has 2 unspecified atom stereocenters. The molecule has 0 spiro atoms. The second-order valence-corrected chi connectivity index (χ2v) is 9.26. The third-order valence-electron chi connectivity index (χ3n) is 6.37. The summed E-state index contributed by atoms with van der Waals surface area (Å²) >= 11 is 0. The second kappa shape index (κ2) is 18.3. The first kappa shape index (κ1) is 29.3. The molecule has 0 radical (unpaired) electrons. The van der Waals surface area contributed by atoms with Gasteiger partial charge in [-0.2, -0.15) is 0 Å². The number of allylic oxidation sites excluding steroid dienone is 4. The molecule has 1 amide bonds. The third-order valence-corrected chi connectivity index (χ3v) is 6.37. The minimum absolute atomic E-state index is 0.171. The van der Waals surface area contributed by atoms with Crippen molar-refractivity contribution in [1.29, 1.82) is 0 Å².